The molecular formula is C19H23ClN2O4. The van der Waals surface area contributed by atoms with E-state index in [4.69, 9.17) is 25.8 Å². The summed E-state index contributed by atoms with van der Waals surface area (Å²) >= 11 is 6.08. The summed E-state index contributed by atoms with van der Waals surface area (Å²) in [7, 11) is 4.70. The summed E-state index contributed by atoms with van der Waals surface area (Å²) in [5.74, 6) is 1.68. The van der Waals surface area contributed by atoms with Gasteiger partial charge in [-0.25, -0.2) is 0 Å². The molecule has 7 heteroatoms. The van der Waals surface area contributed by atoms with Crippen LogP contribution in [0.1, 0.15) is 12.0 Å². The van der Waals surface area contributed by atoms with E-state index in [-0.39, 0.29) is 5.91 Å². The third-order valence-corrected chi connectivity index (χ3v) is 4.23. The summed E-state index contributed by atoms with van der Waals surface area (Å²) in [6.07, 6.45) is 0.291. The summed E-state index contributed by atoms with van der Waals surface area (Å²) in [6, 6.07) is 8.98. The Balaban J connectivity index is 1.93. The van der Waals surface area contributed by atoms with E-state index in [2.05, 4.69) is 10.6 Å². The number of hydrogen-bond acceptors (Lipinski definition) is 5. The maximum atomic E-state index is 12.2. The second kappa shape index (κ2) is 9.20. The largest absolute Gasteiger partial charge is 0.495 e. The van der Waals surface area contributed by atoms with Crippen LogP contribution in [0.3, 0.4) is 0 Å². The van der Waals surface area contributed by atoms with E-state index in [1.807, 2.05) is 25.1 Å². The second-order valence-corrected chi connectivity index (χ2v) is 6.00. The van der Waals surface area contributed by atoms with Crippen LogP contribution in [0.4, 0.5) is 11.4 Å². The molecule has 2 rings (SSSR count). The van der Waals surface area contributed by atoms with Crippen molar-refractivity contribution >= 4 is 28.9 Å². The highest BCUT2D eigenvalue weighted by Gasteiger charge is 2.10. The zero-order valence-electron chi connectivity index (χ0n) is 15.3. The van der Waals surface area contributed by atoms with Crippen LogP contribution in [-0.2, 0) is 4.79 Å². The fourth-order valence-corrected chi connectivity index (χ4v) is 2.56. The predicted octanol–water partition coefficient (Wildman–Crippen LogP) is 4.11. The minimum absolute atomic E-state index is 0.127. The zero-order chi connectivity index (χ0) is 19.1. The fourth-order valence-electron chi connectivity index (χ4n) is 2.41. The smallest absolute Gasteiger partial charge is 0.226 e. The van der Waals surface area contributed by atoms with Gasteiger partial charge in [-0.05, 0) is 30.7 Å². The number of aryl methyl sites for hydroxylation is 1. The first-order valence-corrected chi connectivity index (χ1v) is 8.46. The maximum absolute atomic E-state index is 12.2. The molecule has 140 valence electrons. The van der Waals surface area contributed by atoms with Crippen molar-refractivity contribution in [2.75, 3.05) is 38.5 Å². The van der Waals surface area contributed by atoms with Crippen molar-refractivity contribution in [3.8, 4) is 17.2 Å². The van der Waals surface area contributed by atoms with Crippen LogP contribution in [0.15, 0.2) is 30.3 Å². The summed E-state index contributed by atoms with van der Waals surface area (Å²) < 4.78 is 15.7. The Kier molecular flexibility index (Phi) is 6.97. The number of anilines is 2. The average Bonchev–Trinajstić information content (AvgIpc) is 2.64. The van der Waals surface area contributed by atoms with Gasteiger partial charge in [0.25, 0.3) is 0 Å². The Morgan fingerprint density at radius 2 is 1.69 bits per heavy atom. The molecule has 2 N–H and O–H groups in total. The molecule has 0 saturated carbocycles. The number of carbonyl (C=O) groups excluding carboxylic acids is 1. The van der Waals surface area contributed by atoms with E-state index >= 15 is 0 Å². The molecular weight excluding hydrogens is 356 g/mol. The summed E-state index contributed by atoms with van der Waals surface area (Å²) in [5, 5.41) is 6.63. The van der Waals surface area contributed by atoms with E-state index in [0.29, 0.717) is 40.9 Å². The molecule has 0 aliphatic carbocycles. The Morgan fingerprint density at radius 3 is 2.35 bits per heavy atom. The number of halogens is 1. The van der Waals surface area contributed by atoms with Gasteiger partial charge in [0.1, 0.15) is 5.75 Å². The predicted molar refractivity (Wildman–Crippen MR) is 104 cm³/mol. The number of amides is 1. The fraction of sp³-hybridized carbons (Fsp3) is 0.316. The normalized spacial score (nSPS) is 10.2. The molecule has 0 aliphatic heterocycles. The summed E-state index contributed by atoms with van der Waals surface area (Å²) in [6.45, 7) is 2.34. The molecule has 0 saturated heterocycles. The van der Waals surface area contributed by atoms with Crippen molar-refractivity contribution in [2.24, 2.45) is 0 Å². The number of ether oxygens (including phenoxy) is 3. The lowest BCUT2D eigenvalue weighted by Crippen LogP contribution is -2.17. The van der Waals surface area contributed by atoms with Gasteiger partial charge in [-0.15, -0.1) is 0 Å². The van der Waals surface area contributed by atoms with Gasteiger partial charge in [0.15, 0.2) is 11.5 Å². The SMILES string of the molecule is COc1cc(Cl)c(C)cc1NC(=O)CCNc1ccc(OC)c(OC)c1. The van der Waals surface area contributed by atoms with Crippen LogP contribution in [0.5, 0.6) is 17.2 Å². The number of methoxy groups -OCH3 is 3. The molecule has 0 bridgehead atoms. The highest BCUT2D eigenvalue weighted by Crippen LogP contribution is 2.31. The minimum atomic E-state index is -0.127. The Bertz CT molecular complexity index is 780. The first-order chi connectivity index (χ1) is 12.5. The van der Waals surface area contributed by atoms with Gasteiger partial charge in [0.05, 0.1) is 27.0 Å². The molecule has 0 aromatic heterocycles. The molecule has 0 fully saturated rings. The molecule has 2 aromatic carbocycles. The minimum Gasteiger partial charge on any atom is -0.495 e. The monoisotopic (exact) mass is 378 g/mol. The molecule has 0 aliphatic rings. The summed E-state index contributed by atoms with van der Waals surface area (Å²) in [5.41, 5.74) is 2.31. The number of rotatable bonds is 8. The first-order valence-electron chi connectivity index (χ1n) is 8.08. The highest BCUT2D eigenvalue weighted by molar-refractivity contribution is 6.31. The van der Waals surface area contributed by atoms with Crippen LogP contribution < -0.4 is 24.8 Å². The molecule has 0 atom stereocenters. The molecule has 0 unspecified atom stereocenters. The quantitative estimate of drug-likeness (QED) is 0.723. The van der Waals surface area contributed by atoms with Crippen LogP contribution in [0.25, 0.3) is 0 Å². The number of nitrogens with one attached hydrogen (secondary N) is 2. The number of carbonyl (C=O) groups is 1. The zero-order valence-corrected chi connectivity index (χ0v) is 16.1. The van der Waals surface area contributed by atoms with Gasteiger partial charge in [-0.1, -0.05) is 11.6 Å². The van der Waals surface area contributed by atoms with Gasteiger partial charge in [-0.2, -0.15) is 0 Å². The molecule has 1 amide bonds. The Labute approximate surface area is 158 Å². The second-order valence-electron chi connectivity index (χ2n) is 5.60. The van der Waals surface area contributed by atoms with Gasteiger partial charge >= 0.3 is 0 Å². The third kappa shape index (κ3) is 4.95. The van der Waals surface area contributed by atoms with Crippen molar-refractivity contribution in [2.45, 2.75) is 13.3 Å². The van der Waals surface area contributed by atoms with E-state index in [1.165, 1.54) is 7.11 Å². The Morgan fingerprint density at radius 1 is 1.00 bits per heavy atom. The van der Waals surface area contributed by atoms with E-state index in [1.54, 1.807) is 26.4 Å². The molecule has 0 radical (unpaired) electrons. The van der Waals surface area contributed by atoms with Crippen molar-refractivity contribution in [3.63, 3.8) is 0 Å². The van der Waals surface area contributed by atoms with E-state index in [9.17, 15) is 4.79 Å². The first kappa shape index (κ1) is 19.7. The standard InChI is InChI=1S/C19H23ClN2O4/c1-12-9-15(17(25-3)11-14(12)20)22-19(23)7-8-21-13-5-6-16(24-2)18(10-13)26-4/h5-6,9-11,21H,7-8H2,1-4H3,(H,22,23). The van der Waals surface area contributed by atoms with Gasteiger partial charge in [0.2, 0.25) is 5.91 Å². The third-order valence-electron chi connectivity index (χ3n) is 3.82. The van der Waals surface area contributed by atoms with Crippen LogP contribution in [-0.4, -0.2) is 33.8 Å². The van der Waals surface area contributed by atoms with Crippen molar-refractivity contribution in [3.05, 3.63) is 40.9 Å². The lowest BCUT2D eigenvalue weighted by molar-refractivity contribution is -0.116. The lowest BCUT2D eigenvalue weighted by atomic mass is 10.2. The van der Waals surface area contributed by atoms with Crippen LogP contribution >= 0.6 is 11.6 Å². The molecule has 2 aromatic rings. The van der Waals surface area contributed by atoms with Gasteiger partial charge < -0.3 is 24.8 Å². The molecule has 0 heterocycles. The van der Waals surface area contributed by atoms with E-state index < -0.39 is 0 Å². The molecule has 0 spiro atoms. The van der Waals surface area contributed by atoms with E-state index in [0.717, 1.165) is 11.3 Å². The van der Waals surface area contributed by atoms with Crippen LogP contribution in [0, 0.1) is 6.92 Å². The lowest BCUT2D eigenvalue weighted by Gasteiger charge is -2.13. The topological polar surface area (TPSA) is 68.8 Å². The number of hydrogen-bond donors (Lipinski definition) is 2. The van der Waals surface area contributed by atoms with Crippen molar-refractivity contribution in [1.82, 2.24) is 0 Å². The van der Waals surface area contributed by atoms with Crippen molar-refractivity contribution in [1.29, 1.82) is 0 Å². The molecule has 26 heavy (non-hydrogen) atoms. The molecule has 6 nitrogen and oxygen atoms in total. The van der Waals surface area contributed by atoms with Gasteiger partial charge in [0, 0.05) is 35.8 Å². The average molecular weight is 379 g/mol. The van der Waals surface area contributed by atoms with Crippen LogP contribution in [0.2, 0.25) is 5.02 Å². The Hall–Kier alpha value is -2.60. The van der Waals surface area contributed by atoms with Crippen molar-refractivity contribution < 1.29 is 19.0 Å². The summed E-state index contributed by atoms with van der Waals surface area (Å²) in [4.78, 5) is 12.2. The highest BCUT2D eigenvalue weighted by atomic mass is 35.5. The van der Waals surface area contributed by atoms with Gasteiger partial charge in [-0.3, -0.25) is 4.79 Å². The number of benzene rings is 2. The maximum Gasteiger partial charge on any atom is 0.226 e.